The molecule has 0 aliphatic heterocycles. The topological polar surface area (TPSA) is 110 Å². The predicted octanol–water partition coefficient (Wildman–Crippen LogP) is 1.77. The summed E-state index contributed by atoms with van der Waals surface area (Å²) >= 11 is 0. The summed E-state index contributed by atoms with van der Waals surface area (Å²) in [6, 6.07) is 12.5. The van der Waals surface area contributed by atoms with Crippen LogP contribution in [-0.2, 0) is 17.8 Å². The van der Waals surface area contributed by atoms with Crippen molar-refractivity contribution in [1.82, 2.24) is 15.5 Å². The number of aromatic nitrogens is 2. The Kier molecular flexibility index (Phi) is 4.66. The van der Waals surface area contributed by atoms with E-state index < -0.39 is 5.91 Å². The molecule has 2 heterocycles. The molecule has 24 heavy (non-hydrogen) atoms. The number of hydrogen-bond donors (Lipinski definition) is 2. The van der Waals surface area contributed by atoms with Gasteiger partial charge in [-0.3, -0.25) is 9.59 Å². The van der Waals surface area contributed by atoms with Gasteiger partial charge in [0.25, 0.3) is 0 Å². The molecule has 2 N–H and O–H groups in total. The largest absolute Gasteiger partial charge is 0.467 e. The van der Waals surface area contributed by atoms with Crippen LogP contribution in [0.15, 0.2) is 57.7 Å². The molecule has 122 valence electrons. The number of nitrogens with one attached hydrogen (secondary N) is 2. The molecule has 3 rings (SSSR count). The van der Waals surface area contributed by atoms with Crippen LogP contribution in [0.3, 0.4) is 0 Å². The summed E-state index contributed by atoms with van der Waals surface area (Å²) in [5.41, 5.74) is 0.669. The van der Waals surface area contributed by atoms with Crippen molar-refractivity contribution >= 4 is 17.5 Å². The van der Waals surface area contributed by atoms with Crippen molar-refractivity contribution in [2.24, 2.45) is 0 Å². The number of rotatable bonds is 6. The molecule has 8 heteroatoms. The first-order valence-corrected chi connectivity index (χ1v) is 7.19. The van der Waals surface area contributed by atoms with Gasteiger partial charge in [0.15, 0.2) is 5.82 Å². The average Bonchev–Trinajstić information content (AvgIpc) is 3.25. The van der Waals surface area contributed by atoms with E-state index in [0.717, 1.165) is 0 Å². The zero-order valence-electron chi connectivity index (χ0n) is 12.6. The Morgan fingerprint density at radius 3 is 2.67 bits per heavy atom. The third kappa shape index (κ3) is 4.07. The van der Waals surface area contributed by atoms with E-state index in [1.807, 2.05) is 18.2 Å². The molecule has 0 unspecified atom stereocenters. The van der Waals surface area contributed by atoms with E-state index in [1.165, 1.54) is 6.26 Å². The highest BCUT2D eigenvalue weighted by molar-refractivity contribution is 5.92. The van der Waals surface area contributed by atoms with Gasteiger partial charge < -0.3 is 19.6 Å². The van der Waals surface area contributed by atoms with E-state index in [0.29, 0.717) is 11.4 Å². The summed E-state index contributed by atoms with van der Waals surface area (Å²) in [7, 11) is 0. The highest BCUT2D eigenvalue weighted by Crippen LogP contribution is 2.06. The first-order chi connectivity index (χ1) is 11.7. The fourth-order valence-electron chi connectivity index (χ4n) is 1.94. The number of anilines is 1. The Morgan fingerprint density at radius 2 is 1.92 bits per heavy atom. The van der Waals surface area contributed by atoms with Crippen molar-refractivity contribution in [2.75, 3.05) is 5.32 Å². The Hall–Kier alpha value is -3.42. The smallest absolute Gasteiger partial charge is 0.315 e. The molecule has 0 spiro atoms. The second-order valence-corrected chi connectivity index (χ2v) is 4.87. The van der Waals surface area contributed by atoms with E-state index in [1.54, 1.807) is 24.3 Å². The minimum atomic E-state index is -0.534. The molecule has 0 fully saturated rings. The van der Waals surface area contributed by atoms with Crippen LogP contribution in [0, 0.1) is 0 Å². The molecule has 0 aliphatic carbocycles. The Labute approximate surface area is 136 Å². The van der Waals surface area contributed by atoms with Crippen molar-refractivity contribution in [3.63, 3.8) is 0 Å². The van der Waals surface area contributed by atoms with Crippen LogP contribution in [-0.4, -0.2) is 22.0 Å². The molecule has 0 atom stereocenters. The Balaban J connectivity index is 1.53. The molecule has 1 aromatic carbocycles. The Bertz CT molecular complexity index is 812. The first kappa shape index (κ1) is 15.5. The van der Waals surface area contributed by atoms with Gasteiger partial charge in [0, 0.05) is 5.69 Å². The van der Waals surface area contributed by atoms with E-state index in [2.05, 4.69) is 20.8 Å². The van der Waals surface area contributed by atoms with Gasteiger partial charge in [0.1, 0.15) is 5.76 Å². The summed E-state index contributed by atoms with van der Waals surface area (Å²) in [6.45, 7) is 0.206. The zero-order chi connectivity index (χ0) is 16.8. The fourth-order valence-corrected chi connectivity index (χ4v) is 1.94. The maximum absolute atomic E-state index is 11.9. The van der Waals surface area contributed by atoms with Crippen LogP contribution in [0.4, 0.5) is 5.69 Å². The van der Waals surface area contributed by atoms with Crippen LogP contribution >= 0.6 is 0 Å². The van der Waals surface area contributed by atoms with Crippen LogP contribution in [0.5, 0.6) is 0 Å². The first-order valence-electron chi connectivity index (χ1n) is 7.19. The quantitative estimate of drug-likeness (QED) is 0.714. The summed E-state index contributed by atoms with van der Waals surface area (Å²) in [5.74, 6) is -0.306. The number of carbonyl (C=O) groups excluding carboxylic acids is 2. The molecule has 8 nitrogen and oxygen atoms in total. The monoisotopic (exact) mass is 326 g/mol. The van der Waals surface area contributed by atoms with E-state index >= 15 is 0 Å². The molecule has 2 aromatic heterocycles. The SMILES string of the molecule is O=C(Cc1noc(C(=O)NCc2ccco2)n1)Nc1ccccc1. The lowest BCUT2D eigenvalue weighted by atomic mass is 10.3. The maximum Gasteiger partial charge on any atom is 0.315 e. The molecule has 3 aromatic rings. The van der Waals surface area contributed by atoms with Gasteiger partial charge in [-0.1, -0.05) is 23.4 Å². The second-order valence-electron chi connectivity index (χ2n) is 4.87. The molecular weight excluding hydrogens is 312 g/mol. The van der Waals surface area contributed by atoms with Crippen LogP contribution < -0.4 is 10.6 Å². The van der Waals surface area contributed by atoms with E-state index in [-0.39, 0.29) is 30.6 Å². The van der Waals surface area contributed by atoms with Crippen LogP contribution in [0.2, 0.25) is 0 Å². The molecule has 0 aliphatic rings. The van der Waals surface area contributed by atoms with Crippen molar-refractivity contribution < 1.29 is 18.5 Å². The van der Waals surface area contributed by atoms with Gasteiger partial charge >= 0.3 is 11.8 Å². The maximum atomic E-state index is 11.9. The van der Waals surface area contributed by atoms with Crippen LogP contribution in [0.1, 0.15) is 22.3 Å². The van der Waals surface area contributed by atoms with Gasteiger partial charge in [-0.2, -0.15) is 4.98 Å². The minimum Gasteiger partial charge on any atom is -0.467 e. The highest BCUT2D eigenvalue weighted by atomic mass is 16.5. The zero-order valence-corrected chi connectivity index (χ0v) is 12.6. The van der Waals surface area contributed by atoms with Crippen molar-refractivity contribution in [3.8, 4) is 0 Å². The second kappa shape index (κ2) is 7.23. The van der Waals surface area contributed by atoms with Crippen molar-refractivity contribution in [2.45, 2.75) is 13.0 Å². The molecular formula is C16H14N4O4. The van der Waals surface area contributed by atoms with Gasteiger partial charge in [-0.15, -0.1) is 0 Å². The van der Waals surface area contributed by atoms with E-state index in [9.17, 15) is 9.59 Å². The van der Waals surface area contributed by atoms with Crippen molar-refractivity contribution in [3.05, 3.63) is 66.2 Å². The third-order valence-electron chi connectivity index (χ3n) is 3.04. The van der Waals surface area contributed by atoms with Gasteiger partial charge in [0.2, 0.25) is 5.91 Å². The van der Waals surface area contributed by atoms with E-state index in [4.69, 9.17) is 8.94 Å². The lowest BCUT2D eigenvalue weighted by Gasteiger charge is -2.02. The predicted molar refractivity (Wildman–Crippen MR) is 83.0 cm³/mol. The van der Waals surface area contributed by atoms with Crippen LogP contribution in [0.25, 0.3) is 0 Å². The summed E-state index contributed by atoms with van der Waals surface area (Å²) in [6.07, 6.45) is 1.42. The fraction of sp³-hybridized carbons (Fsp3) is 0.125. The molecule has 0 bridgehead atoms. The summed E-state index contributed by atoms with van der Waals surface area (Å²) < 4.78 is 9.96. The molecule has 0 saturated heterocycles. The molecule has 2 amide bonds. The number of amides is 2. The number of carbonyl (C=O) groups is 2. The van der Waals surface area contributed by atoms with Gasteiger partial charge in [0.05, 0.1) is 19.2 Å². The van der Waals surface area contributed by atoms with Crippen molar-refractivity contribution in [1.29, 1.82) is 0 Å². The number of benzene rings is 1. The minimum absolute atomic E-state index is 0.0934. The number of nitrogens with zero attached hydrogens (tertiary/aromatic N) is 2. The molecule has 0 radical (unpaired) electrons. The Morgan fingerprint density at radius 1 is 1.08 bits per heavy atom. The summed E-state index contributed by atoms with van der Waals surface area (Å²) in [4.78, 5) is 27.7. The van der Waals surface area contributed by atoms with Gasteiger partial charge in [-0.05, 0) is 24.3 Å². The highest BCUT2D eigenvalue weighted by Gasteiger charge is 2.17. The average molecular weight is 326 g/mol. The number of furan rings is 1. The number of hydrogen-bond acceptors (Lipinski definition) is 6. The lowest BCUT2D eigenvalue weighted by Crippen LogP contribution is -2.23. The molecule has 0 saturated carbocycles. The normalized spacial score (nSPS) is 10.3. The lowest BCUT2D eigenvalue weighted by molar-refractivity contribution is -0.115. The standard InChI is InChI=1S/C16H14N4O4/c21-14(18-11-5-2-1-3-6-11)9-13-19-16(24-20-13)15(22)17-10-12-7-4-8-23-12/h1-8H,9-10H2,(H,17,22)(H,18,21). The number of para-hydroxylation sites is 1. The summed E-state index contributed by atoms with van der Waals surface area (Å²) in [5, 5.41) is 8.91. The van der Waals surface area contributed by atoms with Gasteiger partial charge in [-0.25, -0.2) is 0 Å². The third-order valence-corrected chi connectivity index (χ3v) is 3.04.